The highest BCUT2D eigenvalue weighted by Crippen LogP contribution is 2.19. The van der Waals surface area contributed by atoms with Gasteiger partial charge in [-0.05, 0) is 12.1 Å². The molecule has 12 heteroatoms. The van der Waals surface area contributed by atoms with Gasteiger partial charge in [0.1, 0.15) is 0 Å². The van der Waals surface area contributed by atoms with E-state index in [0.29, 0.717) is 17.1 Å². The summed E-state index contributed by atoms with van der Waals surface area (Å²) in [5.41, 5.74) is -0.0913. The van der Waals surface area contributed by atoms with E-state index >= 15 is 0 Å². The van der Waals surface area contributed by atoms with Gasteiger partial charge in [-0.15, -0.1) is 0 Å². The average molecular weight is 417 g/mol. The van der Waals surface area contributed by atoms with Gasteiger partial charge >= 0.3 is 11.7 Å². The van der Waals surface area contributed by atoms with Crippen LogP contribution in [0.15, 0.2) is 34.1 Å². The minimum atomic E-state index is -0.942. The van der Waals surface area contributed by atoms with Crippen LogP contribution in [0.25, 0.3) is 11.2 Å². The first-order valence-electron chi connectivity index (χ1n) is 9.33. The van der Waals surface area contributed by atoms with Gasteiger partial charge in [0.15, 0.2) is 11.2 Å². The molecule has 1 aliphatic heterocycles. The van der Waals surface area contributed by atoms with Crippen molar-refractivity contribution in [3.05, 3.63) is 50.9 Å². The van der Waals surface area contributed by atoms with Crippen molar-refractivity contribution in [3.63, 3.8) is 0 Å². The first-order chi connectivity index (χ1) is 14.4. The average Bonchev–Trinajstić information content (AvgIpc) is 3.14. The number of hydrogen-bond donors (Lipinski definition) is 4. The Labute approximate surface area is 170 Å². The van der Waals surface area contributed by atoms with E-state index in [0.717, 1.165) is 26.2 Å². The molecule has 0 radical (unpaired) electrons. The Kier molecular flexibility index (Phi) is 6.59. The summed E-state index contributed by atoms with van der Waals surface area (Å²) in [6.07, 6.45) is 2.84. The van der Waals surface area contributed by atoms with Crippen LogP contribution in [0, 0.1) is 0 Å². The van der Waals surface area contributed by atoms with Crippen molar-refractivity contribution in [3.8, 4) is 0 Å². The molecule has 3 aromatic heterocycles. The van der Waals surface area contributed by atoms with Crippen LogP contribution in [0.2, 0.25) is 0 Å². The zero-order chi connectivity index (χ0) is 21.7. The second-order valence-corrected chi connectivity index (χ2v) is 6.56. The number of carboxylic acids is 1. The van der Waals surface area contributed by atoms with Crippen molar-refractivity contribution in [1.29, 1.82) is 0 Å². The lowest BCUT2D eigenvalue weighted by atomic mass is 10.3. The smallest absolute Gasteiger partial charge is 0.337 e. The molecular weight excluding hydrogens is 394 g/mol. The number of anilines is 1. The maximum absolute atomic E-state index is 12.1. The molecule has 0 aromatic carbocycles. The van der Waals surface area contributed by atoms with Gasteiger partial charge in [-0.3, -0.25) is 19.3 Å². The SMILES string of the molecule is Cn1c(=O)[nH]c(=O)c2c1nc(N1CCNCC1)n2CCO.O=C(O)c1cccnc1. The Morgan fingerprint density at radius 3 is 2.57 bits per heavy atom. The Hall–Kier alpha value is -3.51. The fourth-order valence-electron chi connectivity index (χ4n) is 3.13. The molecule has 0 unspecified atom stereocenters. The lowest BCUT2D eigenvalue weighted by molar-refractivity contribution is 0.0696. The van der Waals surface area contributed by atoms with Gasteiger partial charge in [-0.1, -0.05) is 0 Å². The monoisotopic (exact) mass is 417 g/mol. The number of aliphatic hydroxyl groups excluding tert-OH is 1. The molecule has 0 atom stereocenters. The number of aromatic amines is 1. The number of H-pyrrole nitrogens is 1. The third-order valence-electron chi connectivity index (χ3n) is 4.62. The summed E-state index contributed by atoms with van der Waals surface area (Å²) >= 11 is 0. The van der Waals surface area contributed by atoms with Gasteiger partial charge in [0.05, 0.1) is 12.2 Å². The molecule has 30 heavy (non-hydrogen) atoms. The summed E-state index contributed by atoms with van der Waals surface area (Å²) in [6, 6.07) is 3.08. The maximum atomic E-state index is 12.1. The Morgan fingerprint density at radius 2 is 2.00 bits per heavy atom. The molecule has 0 bridgehead atoms. The lowest BCUT2D eigenvalue weighted by Gasteiger charge is -2.28. The van der Waals surface area contributed by atoms with Crippen LogP contribution < -0.4 is 21.5 Å². The van der Waals surface area contributed by atoms with Crippen LogP contribution in [0.1, 0.15) is 10.4 Å². The van der Waals surface area contributed by atoms with Crippen LogP contribution in [0.5, 0.6) is 0 Å². The molecule has 12 nitrogen and oxygen atoms in total. The number of nitrogens with zero attached hydrogens (tertiary/aromatic N) is 5. The number of aliphatic hydroxyl groups is 1. The molecular formula is C18H23N7O5. The Bertz CT molecular complexity index is 1130. The van der Waals surface area contributed by atoms with E-state index in [2.05, 4.69) is 25.2 Å². The van der Waals surface area contributed by atoms with Crippen molar-refractivity contribution in [2.24, 2.45) is 7.05 Å². The van der Waals surface area contributed by atoms with E-state index in [1.54, 1.807) is 17.7 Å². The summed E-state index contributed by atoms with van der Waals surface area (Å²) in [4.78, 5) is 46.4. The van der Waals surface area contributed by atoms with Crippen molar-refractivity contribution >= 4 is 23.1 Å². The number of rotatable bonds is 4. The molecule has 160 valence electrons. The molecule has 1 aliphatic rings. The number of imidazole rings is 1. The highest BCUT2D eigenvalue weighted by molar-refractivity contribution is 5.86. The topological polar surface area (TPSA) is 158 Å². The van der Waals surface area contributed by atoms with Crippen molar-refractivity contribution in [2.45, 2.75) is 6.54 Å². The van der Waals surface area contributed by atoms with E-state index in [-0.39, 0.29) is 18.7 Å². The molecule has 4 N–H and O–H groups in total. The molecule has 3 aromatic rings. The lowest BCUT2D eigenvalue weighted by Crippen LogP contribution is -2.44. The number of fused-ring (bicyclic) bond motifs is 1. The Balaban J connectivity index is 0.000000239. The third kappa shape index (κ3) is 4.39. The first kappa shape index (κ1) is 21.2. The molecule has 4 rings (SSSR count). The minimum absolute atomic E-state index is 0.104. The number of aromatic nitrogens is 5. The summed E-state index contributed by atoms with van der Waals surface area (Å²) in [5, 5.41) is 20.9. The first-order valence-corrected chi connectivity index (χ1v) is 9.33. The maximum Gasteiger partial charge on any atom is 0.337 e. The van der Waals surface area contributed by atoms with E-state index in [1.807, 2.05) is 0 Å². The number of carboxylic acid groups (broad SMARTS) is 1. The van der Waals surface area contributed by atoms with Gasteiger partial charge in [0, 0.05) is 52.2 Å². The quantitative estimate of drug-likeness (QED) is 0.401. The van der Waals surface area contributed by atoms with Gasteiger partial charge in [0.2, 0.25) is 5.95 Å². The fourth-order valence-corrected chi connectivity index (χ4v) is 3.13. The number of aromatic carboxylic acids is 1. The van der Waals surface area contributed by atoms with Crippen molar-refractivity contribution in [2.75, 3.05) is 37.7 Å². The zero-order valence-corrected chi connectivity index (χ0v) is 16.4. The standard InChI is InChI=1S/C12H18N6O3.C6H5NO2/c1-16-9-8(10(20)15-12(16)21)18(6-7-19)11(14-9)17-4-2-13-3-5-17;8-6(9)5-2-1-3-7-4-5/h13,19H,2-7H2,1H3,(H,15,20,21);1-4H,(H,8,9). The van der Waals surface area contributed by atoms with Gasteiger partial charge in [-0.2, -0.15) is 4.98 Å². The molecule has 1 fully saturated rings. The Morgan fingerprint density at radius 1 is 1.27 bits per heavy atom. The van der Waals surface area contributed by atoms with E-state index in [4.69, 9.17) is 5.11 Å². The van der Waals surface area contributed by atoms with Crippen molar-refractivity contribution < 1.29 is 15.0 Å². The fraction of sp³-hybridized carbons (Fsp3) is 0.389. The molecule has 1 saturated heterocycles. The van der Waals surface area contributed by atoms with Crippen LogP contribution in [-0.2, 0) is 13.6 Å². The number of nitrogens with one attached hydrogen (secondary N) is 2. The zero-order valence-electron chi connectivity index (χ0n) is 16.4. The van der Waals surface area contributed by atoms with Gasteiger partial charge in [0.25, 0.3) is 5.56 Å². The molecule has 4 heterocycles. The second kappa shape index (κ2) is 9.33. The molecule has 0 aliphatic carbocycles. The highest BCUT2D eigenvalue weighted by Gasteiger charge is 2.22. The van der Waals surface area contributed by atoms with Crippen molar-refractivity contribution in [1.82, 2.24) is 29.4 Å². The second-order valence-electron chi connectivity index (χ2n) is 6.56. The molecule has 0 amide bonds. The molecule has 0 spiro atoms. The number of pyridine rings is 1. The minimum Gasteiger partial charge on any atom is -0.478 e. The molecule has 0 saturated carbocycles. The van der Waals surface area contributed by atoms with Gasteiger partial charge in [-0.25, -0.2) is 9.59 Å². The van der Waals surface area contributed by atoms with Crippen LogP contribution >= 0.6 is 0 Å². The number of hydrogen-bond acceptors (Lipinski definition) is 8. The predicted octanol–water partition coefficient (Wildman–Crippen LogP) is -1.39. The van der Waals surface area contributed by atoms with E-state index < -0.39 is 17.2 Å². The van der Waals surface area contributed by atoms with E-state index in [1.165, 1.54) is 23.0 Å². The largest absolute Gasteiger partial charge is 0.478 e. The number of carbonyl (C=O) groups is 1. The third-order valence-corrected chi connectivity index (χ3v) is 4.62. The summed E-state index contributed by atoms with van der Waals surface area (Å²) < 4.78 is 3.00. The number of aryl methyl sites for hydroxylation is 1. The summed E-state index contributed by atoms with van der Waals surface area (Å²) in [6.45, 7) is 3.35. The van der Waals surface area contributed by atoms with Crippen LogP contribution in [0.4, 0.5) is 5.95 Å². The van der Waals surface area contributed by atoms with Gasteiger partial charge < -0.3 is 25.0 Å². The highest BCUT2D eigenvalue weighted by atomic mass is 16.4. The van der Waals surface area contributed by atoms with Crippen LogP contribution in [-0.4, -0.2) is 73.1 Å². The predicted molar refractivity (Wildman–Crippen MR) is 109 cm³/mol. The van der Waals surface area contributed by atoms with E-state index in [9.17, 15) is 19.5 Å². The summed E-state index contributed by atoms with van der Waals surface area (Å²) in [5.74, 6) is -0.324. The normalized spacial score (nSPS) is 13.7. The summed E-state index contributed by atoms with van der Waals surface area (Å²) in [7, 11) is 1.57. The number of piperazine rings is 1. The van der Waals surface area contributed by atoms with Crippen LogP contribution in [0.3, 0.4) is 0 Å².